The lowest BCUT2D eigenvalue weighted by Gasteiger charge is -2.45. The maximum absolute atomic E-state index is 12.3. The van der Waals surface area contributed by atoms with Crippen LogP contribution in [0.5, 0.6) is 0 Å². The third-order valence-electron chi connectivity index (χ3n) is 4.09. The second-order valence-corrected chi connectivity index (χ2v) is 5.83. The Morgan fingerprint density at radius 3 is 2.68 bits per heavy atom. The van der Waals surface area contributed by atoms with Crippen LogP contribution in [0.3, 0.4) is 0 Å². The third kappa shape index (κ3) is 3.20. The molecule has 2 saturated heterocycles. The molecule has 6 heteroatoms. The fourth-order valence-corrected chi connectivity index (χ4v) is 2.90. The first-order chi connectivity index (χ1) is 8.43. The Hall–Kier alpha value is -0.810. The summed E-state index contributed by atoms with van der Waals surface area (Å²) >= 11 is 0. The largest absolute Gasteiger partial charge is 0.342 e. The Bertz CT molecular complexity index is 354. The molecule has 2 aliphatic heterocycles. The minimum Gasteiger partial charge on any atom is -0.342 e. The summed E-state index contributed by atoms with van der Waals surface area (Å²) in [6, 6.07) is 0.294. The summed E-state index contributed by atoms with van der Waals surface area (Å²) in [5.41, 5.74) is -0.706. The van der Waals surface area contributed by atoms with Gasteiger partial charge < -0.3 is 15.1 Å². The summed E-state index contributed by atoms with van der Waals surface area (Å²) in [5.74, 6) is 0.127. The van der Waals surface area contributed by atoms with Gasteiger partial charge in [-0.15, -0.1) is 12.4 Å². The molecular weight excluding hydrogens is 266 g/mol. The van der Waals surface area contributed by atoms with Gasteiger partial charge in [0.1, 0.15) is 5.54 Å². The number of carbonyl (C=O) groups excluding carboxylic acids is 2. The lowest BCUT2D eigenvalue weighted by Crippen LogP contribution is -2.64. The average Bonchev–Trinajstić information content (AvgIpc) is 2.78. The lowest BCUT2D eigenvalue weighted by molar-refractivity contribution is -0.157. The highest BCUT2D eigenvalue weighted by Crippen LogP contribution is 2.23. The highest BCUT2D eigenvalue weighted by molar-refractivity contribution is 5.91. The molecule has 1 N–H and O–H groups in total. The first-order valence-electron chi connectivity index (χ1n) is 6.72. The second kappa shape index (κ2) is 6.09. The molecule has 0 saturated carbocycles. The monoisotopic (exact) mass is 289 g/mol. The SMILES string of the molecule is CN1CCN(C(=O)CC2CCCN2)C(C)(C)C1=O.Cl. The number of nitrogens with zero attached hydrogens (tertiary/aromatic N) is 2. The van der Waals surface area contributed by atoms with Gasteiger partial charge in [-0.25, -0.2) is 0 Å². The van der Waals surface area contributed by atoms with E-state index >= 15 is 0 Å². The van der Waals surface area contributed by atoms with E-state index in [1.807, 2.05) is 13.8 Å². The maximum atomic E-state index is 12.3. The van der Waals surface area contributed by atoms with E-state index in [0.29, 0.717) is 25.6 Å². The van der Waals surface area contributed by atoms with Crippen molar-refractivity contribution >= 4 is 24.2 Å². The number of likely N-dealkylation sites (N-methyl/N-ethyl adjacent to an activating group) is 1. The zero-order valence-electron chi connectivity index (χ0n) is 11.9. The van der Waals surface area contributed by atoms with Gasteiger partial charge in [0.25, 0.3) is 0 Å². The summed E-state index contributed by atoms with van der Waals surface area (Å²) in [4.78, 5) is 27.9. The van der Waals surface area contributed by atoms with Gasteiger partial charge in [0.05, 0.1) is 0 Å². The number of hydrogen-bond acceptors (Lipinski definition) is 3. The molecule has 110 valence electrons. The molecule has 1 unspecified atom stereocenters. The minimum atomic E-state index is -0.706. The normalized spacial score (nSPS) is 26.3. The van der Waals surface area contributed by atoms with Gasteiger partial charge >= 0.3 is 0 Å². The molecule has 0 aromatic carbocycles. The van der Waals surface area contributed by atoms with Crippen molar-refractivity contribution in [2.45, 2.75) is 44.7 Å². The number of rotatable bonds is 2. The van der Waals surface area contributed by atoms with Crippen molar-refractivity contribution < 1.29 is 9.59 Å². The van der Waals surface area contributed by atoms with Crippen LogP contribution in [-0.4, -0.2) is 59.9 Å². The molecule has 2 aliphatic rings. The molecule has 2 rings (SSSR count). The van der Waals surface area contributed by atoms with Crippen molar-refractivity contribution in [3.63, 3.8) is 0 Å². The molecule has 2 heterocycles. The first-order valence-corrected chi connectivity index (χ1v) is 6.72. The molecular formula is C13H24ClN3O2. The van der Waals surface area contributed by atoms with E-state index < -0.39 is 5.54 Å². The van der Waals surface area contributed by atoms with E-state index in [0.717, 1.165) is 19.4 Å². The van der Waals surface area contributed by atoms with Gasteiger partial charge in [-0.1, -0.05) is 0 Å². The van der Waals surface area contributed by atoms with Gasteiger partial charge in [-0.05, 0) is 33.2 Å². The highest BCUT2D eigenvalue weighted by Gasteiger charge is 2.43. The Labute approximate surface area is 121 Å². The zero-order valence-corrected chi connectivity index (χ0v) is 12.8. The van der Waals surface area contributed by atoms with Crippen LogP contribution in [0.25, 0.3) is 0 Å². The van der Waals surface area contributed by atoms with Gasteiger partial charge in [0.15, 0.2) is 0 Å². The lowest BCUT2D eigenvalue weighted by atomic mass is 9.96. The van der Waals surface area contributed by atoms with Crippen LogP contribution in [0.4, 0.5) is 0 Å². The highest BCUT2D eigenvalue weighted by atomic mass is 35.5. The maximum Gasteiger partial charge on any atom is 0.247 e. The smallest absolute Gasteiger partial charge is 0.247 e. The number of carbonyl (C=O) groups is 2. The minimum absolute atomic E-state index is 0. The zero-order chi connectivity index (χ0) is 13.3. The molecule has 19 heavy (non-hydrogen) atoms. The van der Waals surface area contributed by atoms with Crippen molar-refractivity contribution in [2.75, 3.05) is 26.7 Å². The predicted octanol–water partition coefficient (Wildman–Crippen LogP) is 0.630. The van der Waals surface area contributed by atoms with Gasteiger partial charge in [-0.3, -0.25) is 9.59 Å². The Morgan fingerprint density at radius 2 is 2.11 bits per heavy atom. The first kappa shape index (κ1) is 16.2. The van der Waals surface area contributed by atoms with Gasteiger partial charge in [-0.2, -0.15) is 0 Å². The molecule has 0 spiro atoms. The van der Waals surface area contributed by atoms with E-state index in [2.05, 4.69) is 5.32 Å². The number of hydrogen-bond donors (Lipinski definition) is 1. The van der Waals surface area contributed by atoms with Gasteiger partial charge in [0.2, 0.25) is 11.8 Å². The van der Waals surface area contributed by atoms with Crippen LogP contribution < -0.4 is 5.32 Å². The van der Waals surface area contributed by atoms with Crippen LogP contribution >= 0.6 is 12.4 Å². The molecule has 0 bridgehead atoms. The Morgan fingerprint density at radius 1 is 1.42 bits per heavy atom. The van der Waals surface area contributed by atoms with E-state index in [-0.39, 0.29) is 24.2 Å². The summed E-state index contributed by atoms with van der Waals surface area (Å²) in [7, 11) is 1.80. The van der Waals surface area contributed by atoms with Crippen LogP contribution in [0.15, 0.2) is 0 Å². The number of nitrogens with one attached hydrogen (secondary N) is 1. The molecule has 0 radical (unpaired) electrons. The van der Waals surface area contributed by atoms with E-state index in [1.165, 1.54) is 0 Å². The van der Waals surface area contributed by atoms with Crippen molar-refractivity contribution in [3.05, 3.63) is 0 Å². The van der Waals surface area contributed by atoms with E-state index in [1.54, 1.807) is 16.8 Å². The molecule has 2 fully saturated rings. The Kier molecular flexibility index (Phi) is 5.21. The molecule has 2 amide bonds. The number of piperazine rings is 1. The van der Waals surface area contributed by atoms with Crippen LogP contribution in [0, 0.1) is 0 Å². The number of halogens is 1. The summed E-state index contributed by atoms with van der Waals surface area (Å²) in [5, 5.41) is 3.33. The fourth-order valence-electron chi connectivity index (χ4n) is 2.90. The third-order valence-corrected chi connectivity index (χ3v) is 4.09. The van der Waals surface area contributed by atoms with Crippen molar-refractivity contribution in [1.82, 2.24) is 15.1 Å². The molecule has 0 aromatic rings. The molecule has 0 aromatic heterocycles. The number of amides is 2. The summed E-state index contributed by atoms with van der Waals surface area (Å²) < 4.78 is 0. The second-order valence-electron chi connectivity index (χ2n) is 5.83. The van der Waals surface area contributed by atoms with E-state index in [4.69, 9.17) is 0 Å². The Balaban J connectivity index is 0.00000180. The van der Waals surface area contributed by atoms with Crippen molar-refractivity contribution in [1.29, 1.82) is 0 Å². The van der Waals surface area contributed by atoms with Crippen LogP contribution in [-0.2, 0) is 9.59 Å². The topological polar surface area (TPSA) is 52.6 Å². The van der Waals surface area contributed by atoms with Gasteiger partial charge in [0, 0.05) is 32.6 Å². The van der Waals surface area contributed by atoms with E-state index in [9.17, 15) is 9.59 Å². The fraction of sp³-hybridized carbons (Fsp3) is 0.846. The summed E-state index contributed by atoms with van der Waals surface area (Å²) in [6.45, 7) is 5.95. The van der Waals surface area contributed by atoms with Crippen molar-refractivity contribution in [2.24, 2.45) is 0 Å². The molecule has 1 atom stereocenters. The summed E-state index contributed by atoms with van der Waals surface area (Å²) in [6.07, 6.45) is 2.72. The molecule has 5 nitrogen and oxygen atoms in total. The van der Waals surface area contributed by atoms with Crippen molar-refractivity contribution in [3.8, 4) is 0 Å². The molecule has 0 aliphatic carbocycles. The predicted molar refractivity (Wildman–Crippen MR) is 76.3 cm³/mol. The standard InChI is InChI=1S/C13H23N3O2.ClH/c1-13(2)12(18)15(3)7-8-16(13)11(17)9-10-5-4-6-14-10;/h10,14H,4-9H2,1-3H3;1H. The van der Waals surface area contributed by atoms with Crippen LogP contribution in [0.2, 0.25) is 0 Å². The van der Waals surface area contributed by atoms with Crippen LogP contribution in [0.1, 0.15) is 33.1 Å². The average molecular weight is 290 g/mol. The quantitative estimate of drug-likeness (QED) is 0.811.